The summed E-state index contributed by atoms with van der Waals surface area (Å²) in [5.74, 6) is -0.663. The number of carbonyl (C=O) groups excluding carboxylic acids is 2. The maximum Gasteiger partial charge on any atom is 0.311 e. The van der Waals surface area contributed by atoms with Crippen LogP contribution >= 0.6 is 0 Å². The Morgan fingerprint density at radius 3 is 2.30 bits per heavy atom. The largest absolute Gasteiger partial charge is 0.466 e. The summed E-state index contributed by atoms with van der Waals surface area (Å²) in [6.07, 6.45) is 0.226. The van der Waals surface area contributed by atoms with Crippen molar-refractivity contribution in [2.45, 2.75) is 19.9 Å². The number of nitrogens with zero attached hydrogens (tertiary/aromatic N) is 3. The van der Waals surface area contributed by atoms with E-state index in [1.54, 1.807) is 11.8 Å². The van der Waals surface area contributed by atoms with Crippen LogP contribution in [0.15, 0.2) is 54.6 Å². The van der Waals surface area contributed by atoms with Gasteiger partial charge in [0.05, 0.1) is 12.5 Å². The Kier molecular flexibility index (Phi) is 6.33. The van der Waals surface area contributed by atoms with Gasteiger partial charge in [-0.2, -0.15) is 0 Å². The fraction of sp³-hybridized carbons (Fsp3) is 0.417. The summed E-state index contributed by atoms with van der Waals surface area (Å²) in [4.78, 5) is 30.9. The smallest absolute Gasteiger partial charge is 0.311 e. The summed E-state index contributed by atoms with van der Waals surface area (Å²) >= 11 is 0. The van der Waals surface area contributed by atoms with Gasteiger partial charge in [-0.1, -0.05) is 30.3 Å². The molecule has 0 aromatic heterocycles. The van der Waals surface area contributed by atoms with E-state index < -0.39 is 0 Å². The molecule has 0 radical (unpaired) electrons. The van der Waals surface area contributed by atoms with E-state index >= 15 is 0 Å². The first-order valence-electron chi connectivity index (χ1n) is 10.7. The first-order valence-corrected chi connectivity index (χ1v) is 10.7. The van der Waals surface area contributed by atoms with Crippen LogP contribution in [-0.4, -0.2) is 56.1 Å². The summed E-state index contributed by atoms with van der Waals surface area (Å²) < 4.78 is 5.07. The van der Waals surface area contributed by atoms with Crippen LogP contribution in [0, 0.1) is 5.92 Å². The van der Waals surface area contributed by atoms with Gasteiger partial charge in [0.15, 0.2) is 0 Å². The normalized spacial score (nSPS) is 19.9. The third kappa shape index (κ3) is 4.65. The summed E-state index contributed by atoms with van der Waals surface area (Å²) in [7, 11) is 0. The molecule has 2 fully saturated rings. The van der Waals surface area contributed by atoms with Crippen LogP contribution in [-0.2, 0) is 20.9 Å². The van der Waals surface area contributed by atoms with Crippen LogP contribution in [0.25, 0.3) is 0 Å². The molecular formula is C24H29N3O3. The molecule has 2 aromatic carbocycles. The molecule has 2 aromatic rings. The topological polar surface area (TPSA) is 53.1 Å². The maximum atomic E-state index is 12.4. The highest BCUT2D eigenvalue weighted by Gasteiger charge is 2.36. The van der Waals surface area contributed by atoms with Crippen molar-refractivity contribution in [1.29, 1.82) is 0 Å². The molecule has 6 nitrogen and oxygen atoms in total. The van der Waals surface area contributed by atoms with E-state index in [0.29, 0.717) is 13.2 Å². The highest BCUT2D eigenvalue weighted by atomic mass is 16.5. The minimum absolute atomic E-state index is 0.0182. The third-order valence-electron chi connectivity index (χ3n) is 5.89. The lowest BCUT2D eigenvalue weighted by atomic mass is 10.1. The highest BCUT2D eigenvalue weighted by Crippen LogP contribution is 2.28. The van der Waals surface area contributed by atoms with Crippen molar-refractivity contribution >= 4 is 23.3 Å². The molecule has 2 aliphatic heterocycles. The number of ether oxygens (including phenoxy) is 1. The molecule has 30 heavy (non-hydrogen) atoms. The molecule has 2 saturated heterocycles. The van der Waals surface area contributed by atoms with Crippen LogP contribution in [0.3, 0.4) is 0 Å². The summed E-state index contributed by atoms with van der Waals surface area (Å²) in [6.45, 7) is 7.55. The van der Waals surface area contributed by atoms with Crippen LogP contribution in [0.1, 0.15) is 18.9 Å². The number of benzene rings is 2. The van der Waals surface area contributed by atoms with Gasteiger partial charge >= 0.3 is 5.97 Å². The molecule has 0 bridgehead atoms. The standard InChI is InChI=1S/C24H29N3O3/c1-2-30-24(29)20-16-23(28)27(18-20)22-10-8-21(9-11-22)26-14-12-25(13-15-26)17-19-6-4-3-5-7-19/h3-11,20H,2,12-18H2,1H3. The van der Waals surface area contributed by atoms with Crippen molar-refractivity contribution in [1.82, 2.24) is 4.90 Å². The highest BCUT2D eigenvalue weighted by molar-refractivity contribution is 5.99. The molecule has 1 atom stereocenters. The second kappa shape index (κ2) is 9.30. The predicted molar refractivity (Wildman–Crippen MR) is 117 cm³/mol. The Balaban J connectivity index is 1.32. The number of hydrogen-bond acceptors (Lipinski definition) is 5. The zero-order chi connectivity index (χ0) is 20.9. The second-order valence-electron chi connectivity index (χ2n) is 7.92. The number of amides is 1. The van der Waals surface area contributed by atoms with Crippen LogP contribution in [0.2, 0.25) is 0 Å². The van der Waals surface area contributed by atoms with E-state index in [-0.39, 0.29) is 24.2 Å². The van der Waals surface area contributed by atoms with Crippen molar-refractivity contribution in [2.75, 3.05) is 49.1 Å². The van der Waals surface area contributed by atoms with Gasteiger partial charge in [-0.05, 0) is 36.8 Å². The number of anilines is 2. The predicted octanol–water partition coefficient (Wildman–Crippen LogP) is 2.92. The average molecular weight is 408 g/mol. The zero-order valence-corrected chi connectivity index (χ0v) is 17.5. The molecule has 1 unspecified atom stereocenters. The minimum atomic E-state index is -0.366. The number of hydrogen-bond donors (Lipinski definition) is 0. The molecule has 0 N–H and O–H groups in total. The van der Waals surface area contributed by atoms with Crippen LogP contribution in [0.4, 0.5) is 11.4 Å². The second-order valence-corrected chi connectivity index (χ2v) is 7.92. The molecule has 158 valence electrons. The fourth-order valence-corrected chi connectivity index (χ4v) is 4.22. The Hall–Kier alpha value is -2.86. The Labute approximate surface area is 178 Å². The van der Waals surface area contributed by atoms with E-state index in [2.05, 4.69) is 52.3 Å². The van der Waals surface area contributed by atoms with Gasteiger partial charge in [-0.3, -0.25) is 14.5 Å². The molecule has 6 heteroatoms. The number of piperazine rings is 1. The molecule has 0 spiro atoms. The quantitative estimate of drug-likeness (QED) is 0.689. The number of carbonyl (C=O) groups is 2. The molecule has 2 heterocycles. The van der Waals surface area contributed by atoms with Gasteiger partial charge in [0.25, 0.3) is 0 Å². The molecule has 2 aliphatic rings. The molecular weight excluding hydrogens is 378 g/mol. The van der Waals surface area contributed by atoms with Crippen molar-refractivity contribution in [3.05, 3.63) is 60.2 Å². The van der Waals surface area contributed by atoms with Gasteiger partial charge in [0.2, 0.25) is 5.91 Å². The Bertz CT molecular complexity index is 861. The Morgan fingerprint density at radius 1 is 0.967 bits per heavy atom. The lowest BCUT2D eigenvalue weighted by Gasteiger charge is -2.36. The summed E-state index contributed by atoms with van der Waals surface area (Å²) in [5, 5.41) is 0. The Morgan fingerprint density at radius 2 is 1.63 bits per heavy atom. The fourth-order valence-electron chi connectivity index (χ4n) is 4.22. The lowest BCUT2D eigenvalue weighted by molar-refractivity contribution is -0.147. The van der Waals surface area contributed by atoms with E-state index in [0.717, 1.165) is 38.4 Å². The molecule has 0 saturated carbocycles. The van der Waals surface area contributed by atoms with Crippen molar-refractivity contribution < 1.29 is 14.3 Å². The van der Waals surface area contributed by atoms with Crippen molar-refractivity contribution in [3.8, 4) is 0 Å². The van der Waals surface area contributed by atoms with E-state index in [1.165, 1.54) is 11.3 Å². The van der Waals surface area contributed by atoms with Crippen LogP contribution in [0.5, 0.6) is 0 Å². The van der Waals surface area contributed by atoms with E-state index in [4.69, 9.17) is 4.74 Å². The minimum Gasteiger partial charge on any atom is -0.466 e. The van der Waals surface area contributed by atoms with E-state index in [9.17, 15) is 9.59 Å². The number of rotatable bonds is 6. The van der Waals surface area contributed by atoms with Gasteiger partial charge in [0.1, 0.15) is 0 Å². The molecule has 0 aliphatic carbocycles. The van der Waals surface area contributed by atoms with Gasteiger partial charge in [-0.15, -0.1) is 0 Å². The van der Waals surface area contributed by atoms with Crippen LogP contribution < -0.4 is 9.80 Å². The average Bonchev–Trinajstić information content (AvgIpc) is 3.17. The van der Waals surface area contributed by atoms with Gasteiger partial charge in [0, 0.05) is 57.1 Å². The number of esters is 1. The SMILES string of the molecule is CCOC(=O)C1CC(=O)N(c2ccc(N3CCN(Cc4ccccc4)CC3)cc2)C1. The third-order valence-corrected chi connectivity index (χ3v) is 5.89. The molecule has 4 rings (SSSR count). The zero-order valence-electron chi connectivity index (χ0n) is 17.5. The first kappa shape index (κ1) is 20.4. The first-order chi connectivity index (χ1) is 14.6. The lowest BCUT2D eigenvalue weighted by Crippen LogP contribution is -2.45. The summed E-state index contributed by atoms with van der Waals surface area (Å²) in [6, 6.07) is 18.7. The maximum absolute atomic E-state index is 12.4. The monoisotopic (exact) mass is 407 g/mol. The van der Waals surface area contributed by atoms with Gasteiger partial charge in [-0.25, -0.2) is 0 Å². The molecule has 1 amide bonds. The van der Waals surface area contributed by atoms with Gasteiger partial charge < -0.3 is 14.5 Å². The summed E-state index contributed by atoms with van der Waals surface area (Å²) in [5.41, 5.74) is 3.37. The van der Waals surface area contributed by atoms with Crippen molar-refractivity contribution in [2.24, 2.45) is 5.92 Å². The van der Waals surface area contributed by atoms with E-state index in [1.807, 2.05) is 12.1 Å². The van der Waals surface area contributed by atoms with Crippen molar-refractivity contribution in [3.63, 3.8) is 0 Å².